The van der Waals surface area contributed by atoms with Crippen LogP contribution in [0.2, 0.25) is 0 Å². The summed E-state index contributed by atoms with van der Waals surface area (Å²) >= 11 is 0. The van der Waals surface area contributed by atoms with Crippen molar-refractivity contribution in [2.24, 2.45) is 0 Å². The Morgan fingerprint density at radius 2 is 1.28 bits per heavy atom. The first kappa shape index (κ1) is 57.7. The number of anilines is 3. The van der Waals surface area contributed by atoms with E-state index in [-0.39, 0.29) is 54.2 Å². The summed E-state index contributed by atoms with van der Waals surface area (Å²) in [4.78, 5) is 65.1. The van der Waals surface area contributed by atoms with Crippen LogP contribution in [0.4, 0.5) is 17.1 Å². The second kappa shape index (κ2) is 26.2. The van der Waals surface area contributed by atoms with E-state index in [1.807, 2.05) is 65.3 Å². The first-order valence-electron chi connectivity index (χ1n) is 28.2. The highest BCUT2D eigenvalue weighted by Gasteiger charge is 2.39. The van der Waals surface area contributed by atoms with Crippen molar-refractivity contribution >= 4 is 62.3 Å². The molecule has 1 saturated heterocycles. The molecular weight excluding hydrogens is 1060 g/mol. The fourth-order valence-corrected chi connectivity index (χ4v) is 14.2. The van der Waals surface area contributed by atoms with Crippen LogP contribution in [-0.2, 0) is 67.5 Å². The largest absolute Gasteiger partial charge is 0.493 e. The maximum atomic E-state index is 14.3. The molecule has 5 aliphatic heterocycles. The molecule has 3 amide bonds. The molecule has 0 radical (unpaired) electrons. The van der Waals surface area contributed by atoms with Crippen LogP contribution in [-0.4, -0.2) is 112 Å². The summed E-state index contributed by atoms with van der Waals surface area (Å²) in [6.45, 7) is 14.3. The number of carbonyl (C=O) groups excluding carboxylic acids is 4. The van der Waals surface area contributed by atoms with E-state index in [0.29, 0.717) is 93.9 Å². The third-order valence-electron chi connectivity index (χ3n) is 15.6. The van der Waals surface area contributed by atoms with Gasteiger partial charge >= 0.3 is 5.97 Å². The van der Waals surface area contributed by atoms with Gasteiger partial charge < -0.3 is 48.0 Å². The average molecular weight is 1140 g/mol. The molecular formula is C64H74N4O11S2. The van der Waals surface area contributed by atoms with Gasteiger partial charge in [0.2, 0.25) is 0 Å². The Kier molecular flexibility index (Phi) is 18.7. The van der Waals surface area contributed by atoms with Crippen LogP contribution in [0.15, 0.2) is 103 Å². The maximum Gasteiger partial charge on any atom is 0.333 e. The number of hydrogen-bond donors (Lipinski definition) is 0. The van der Waals surface area contributed by atoms with Gasteiger partial charge in [0, 0.05) is 83.8 Å². The second-order valence-electron chi connectivity index (χ2n) is 22.0. The number of allylic oxidation sites excluding steroid dienone is 1. The van der Waals surface area contributed by atoms with Gasteiger partial charge in [-0.15, -0.1) is 5.06 Å². The van der Waals surface area contributed by atoms with Crippen LogP contribution < -0.4 is 28.9 Å². The number of methoxy groups -OCH3 is 2. The van der Waals surface area contributed by atoms with Gasteiger partial charge in [-0.25, -0.2) is 4.79 Å². The Balaban J connectivity index is 0.896. The van der Waals surface area contributed by atoms with Crippen molar-refractivity contribution in [1.82, 2.24) is 5.06 Å². The molecule has 0 aliphatic carbocycles. The smallest absolute Gasteiger partial charge is 0.333 e. The molecule has 17 heteroatoms. The summed E-state index contributed by atoms with van der Waals surface area (Å²) in [7, 11) is 6.71. The molecule has 0 N–H and O–H groups in total. The maximum absolute atomic E-state index is 14.3. The number of amides is 3. The van der Waals surface area contributed by atoms with E-state index >= 15 is 0 Å². The zero-order valence-electron chi connectivity index (χ0n) is 47.3. The van der Waals surface area contributed by atoms with Crippen molar-refractivity contribution in [3.8, 4) is 17.2 Å². The molecule has 0 aromatic heterocycles. The van der Waals surface area contributed by atoms with Crippen molar-refractivity contribution in [3.05, 3.63) is 153 Å². The third-order valence-corrected chi connectivity index (χ3v) is 19.0. The average Bonchev–Trinajstić information content (AvgIpc) is 4.06. The van der Waals surface area contributed by atoms with Gasteiger partial charge in [-0.2, -0.15) is 0 Å². The van der Waals surface area contributed by atoms with Crippen molar-refractivity contribution in [1.29, 1.82) is 0 Å². The molecule has 2 atom stereocenters. The van der Waals surface area contributed by atoms with Crippen LogP contribution in [0.5, 0.6) is 17.2 Å². The van der Waals surface area contributed by atoms with E-state index in [1.165, 1.54) is 11.1 Å². The molecule has 5 aromatic rings. The molecule has 1 fully saturated rings. The number of rotatable bonds is 26. The number of aryl methyl sites for hydroxylation is 3. The van der Waals surface area contributed by atoms with Crippen molar-refractivity contribution in [3.63, 3.8) is 0 Å². The summed E-state index contributed by atoms with van der Waals surface area (Å²) < 4.78 is 36.2. The molecule has 0 spiro atoms. The third kappa shape index (κ3) is 13.6. The topological polar surface area (TPSA) is 146 Å². The van der Waals surface area contributed by atoms with E-state index in [0.717, 1.165) is 99.8 Å². The molecule has 428 valence electrons. The van der Waals surface area contributed by atoms with Crippen LogP contribution >= 0.6 is 21.6 Å². The molecule has 5 heterocycles. The summed E-state index contributed by atoms with van der Waals surface area (Å²) in [6.07, 6.45) is 6.44. The van der Waals surface area contributed by atoms with Crippen molar-refractivity contribution in [2.75, 3.05) is 80.8 Å². The minimum Gasteiger partial charge on any atom is -0.493 e. The number of hydrogen-bond acceptors (Lipinski definition) is 14. The number of fused-ring (bicyclic) bond motifs is 8. The summed E-state index contributed by atoms with van der Waals surface area (Å²) in [6, 6.07) is 31.0. The highest BCUT2D eigenvalue weighted by Crippen LogP contribution is 2.43. The van der Waals surface area contributed by atoms with Gasteiger partial charge in [-0.1, -0.05) is 64.6 Å². The lowest BCUT2D eigenvalue weighted by atomic mass is 9.98. The number of nitrogens with zero attached hydrogens (tertiary/aromatic N) is 4. The number of hydroxylamine groups is 2. The van der Waals surface area contributed by atoms with Crippen LogP contribution in [0.25, 0.3) is 0 Å². The Bertz CT molecular complexity index is 3130. The minimum atomic E-state index is -0.448. The molecule has 15 nitrogen and oxygen atoms in total. The summed E-state index contributed by atoms with van der Waals surface area (Å²) in [5.41, 5.74) is 11.9. The Hall–Kier alpha value is -6.50. The summed E-state index contributed by atoms with van der Waals surface area (Å²) in [5.74, 6) is 1.81. The molecule has 81 heavy (non-hydrogen) atoms. The van der Waals surface area contributed by atoms with Gasteiger partial charge in [0.1, 0.15) is 19.0 Å². The molecule has 10 rings (SSSR count). The Morgan fingerprint density at radius 1 is 0.691 bits per heavy atom. The van der Waals surface area contributed by atoms with Crippen LogP contribution in [0.1, 0.15) is 112 Å². The number of para-hydroxylation sites is 2. The monoisotopic (exact) mass is 1140 g/mol. The van der Waals surface area contributed by atoms with Crippen LogP contribution in [0.3, 0.4) is 0 Å². The van der Waals surface area contributed by atoms with E-state index in [1.54, 1.807) is 35.8 Å². The highest BCUT2D eigenvalue weighted by atomic mass is 33.1. The first-order valence-corrected chi connectivity index (χ1v) is 30.6. The standard InChI is InChI=1S/C64H74N4O11S2/c1-42-30-53-46(18-20-50-34-48-12-7-9-14-55(48)66(50)62(53)71)36-57(42)77-39-44-31-45(40-78-59-37-47-19-21-51-35-49-13-8-10-15-56(49)67(51)63(72)54(47)38-58(59)74-6)33-52(32-44)65(23-24-75-27-28-76-26-25-73-5)41-64(3,4)81-80-29-11-16-61(70)79-68-43(2)17-22-60(68)69/h7-10,12-15,30-33,36-38,50-51H,2,11,16-29,34-35,39-41H2,1,3-6H3/t50-,51-/m1/s1. The predicted octanol–water partition coefficient (Wildman–Crippen LogP) is 11.2. The fourth-order valence-electron chi connectivity index (χ4n) is 11.6. The zero-order valence-corrected chi connectivity index (χ0v) is 48.9. The molecule has 0 unspecified atom stereocenters. The van der Waals surface area contributed by atoms with Gasteiger partial charge in [0.15, 0.2) is 11.5 Å². The van der Waals surface area contributed by atoms with Crippen LogP contribution in [0, 0.1) is 6.92 Å². The minimum absolute atomic E-state index is 0.0208. The van der Waals surface area contributed by atoms with E-state index in [4.69, 9.17) is 33.3 Å². The van der Waals surface area contributed by atoms with E-state index in [9.17, 15) is 19.2 Å². The Morgan fingerprint density at radius 3 is 1.90 bits per heavy atom. The van der Waals surface area contributed by atoms with Gasteiger partial charge in [-0.05, 0) is 166 Å². The molecule has 5 aromatic carbocycles. The molecule has 5 aliphatic rings. The van der Waals surface area contributed by atoms with Gasteiger partial charge in [0.05, 0.1) is 45.8 Å². The quantitative estimate of drug-likeness (QED) is 0.0382. The number of benzene rings is 5. The second-order valence-corrected chi connectivity index (χ2v) is 25.2. The number of carbonyl (C=O) groups is 4. The lowest BCUT2D eigenvalue weighted by Crippen LogP contribution is -2.38. The fraction of sp³-hybridized carbons (Fsp3) is 0.438. The number of ether oxygens (including phenoxy) is 6. The lowest BCUT2D eigenvalue weighted by molar-refractivity contribution is -0.186. The van der Waals surface area contributed by atoms with Crippen molar-refractivity contribution in [2.45, 2.75) is 115 Å². The molecule has 0 saturated carbocycles. The SMILES string of the molecule is C=C1CCC(=O)N1OC(=O)CCCSSC(C)(C)CN(CCOCCOCCOC)c1cc(COc2cc3c(cc2C)C(=O)N2c4ccccc4C[C@H]2CC3)cc(COc2cc3c(cc2OC)C(=O)N2c4ccccc4C[C@H]2CC3)c1. The van der Waals surface area contributed by atoms with Crippen molar-refractivity contribution < 1.29 is 52.4 Å². The normalized spacial score (nSPS) is 17.2. The molecule has 0 bridgehead atoms. The first-order chi connectivity index (χ1) is 39.3. The summed E-state index contributed by atoms with van der Waals surface area (Å²) in [5, 5.41) is 1.04. The highest BCUT2D eigenvalue weighted by molar-refractivity contribution is 8.77. The van der Waals surface area contributed by atoms with Gasteiger partial charge in [0.25, 0.3) is 17.7 Å². The van der Waals surface area contributed by atoms with Gasteiger partial charge in [-0.3, -0.25) is 14.4 Å². The Labute approximate surface area is 483 Å². The van der Waals surface area contributed by atoms with E-state index < -0.39 is 5.97 Å². The lowest BCUT2D eigenvalue weighted by Gasteiger charge is -2.34. The van der Waals surface area contributed by atoms with E-state index in [2.05, 4.69) is 67.8 Å². The zero-order chi connectivity index (χ0) is 56.6. The predicted molar refractivity (Wildman–Crippen MR) is 318 cm³/mol.